The molecule has 0 saturated heterocycles. The van der Waals surface area contributed by atoms with Crippen LogP contribution in [-0.2, 0) is 18.3 Å². The van der Waals surface area contributed by atoms with Crippen molar-refractivity contribution in [1.82, 2.24) is 30.0 Å². The number of halogens is 1. The van der Waals surface area contributed by atoms with Crippen molar-refractivity contribution in [3.05, 3.63) is 71.4 Å². The van der Waals surface area contributed by atoms with Crippen molar-refractivity contribution in [1.29, 1.82) is 0 Å². The highest BCUT2D eigenvalue weighted by Crippen LogP contribution is 2.42. The van der Waals surface area contributed by atoms with Gasteiger partial charge in [0.25, 0.3) is 0 Å². The minimum Gasteiger partial charge on any atom is -0.434 e. The molecule has 6 rings (SSSR count). The smallest absolute Gasteiger partial charge is 0.246 e. The molecule has 0 bridgehead atoms. The Bertz CT molecular complexity index is 1690. The van der Waals surface area contributed by atoms with Crippen molar-refractivity contribution < 1.29 is 13.5 Å². The first-order chi connectivity index (χ1) is 19.3. The Morgan fingerprint density at radius 2 is 1.93 bits per heavy atom. The Labute approximate surface area is 232 Å². The Hall–Kier alpha value is -3.95. The summed E-state index contributed by atoms with van der Waals surface area (Å²) in [5, 5.41) is 11.8. The summed E-state index contributed by atoms with van der Waals surface area (Å²) in [6.07, 6.45) is 3.91. The molecular weight excluding hydrogens is 507 g/mol. The van der Waals surface area contributed by atoms with Crippen LogP contribution in [0.1, 0.15) is 49.4 Å². The molecule has 0 aliphatic heterocycles. The van der Waals surface area contributed by atoms with Crippen LogP contribution in [0.25, 0.3) is 45.2 Å². The number of nitrogens with zero attached hydrogens (tertiary/aromatic N) is 5. The zero-order chi connectivity index (χ0) is 28.0. The van der Waals surface area contributed by atoms with Crippen LogP contribution in [0.5, 0.6) is 0 Å². The van der Waals surface area contributed by atoms with Gasteiger partial charge in [0.1, 0.15) is 23.4 Å². The molecule has 40 heavy (non-hydrogen) atoms. The lowest BCUT2D eigenvalue weighted by atomic mass is 9.97. The predicted molar refractivity (Wildman–Crippen MR) is 152 cm³/mol. The van der Waals surface area contributed by atoms with Crippen LogP contribution in [0.2, 0.25) is 0 Å². The van der Waals surface area contributed by atoms with Gasteiger partial charge >= 0.3 is 0 Å². The number of pyridine rings is 1. The van der Waals surface area contributed by atoms with E-state index in [4.69, 9.17) is 19.1 Å². The van der Waals surface area contributed by atoms with E-state index in [2.05, 4.69) is 47.6 Å². The van der Waals surface area contributed by atoms with Crippen molar-refractivity contribution in [2.45, 2.75) is 58.2 Å². The minimum atomic E-state index is -0.329. The molecule has 8 nitrogen and oxygen atoms in total. The van der Waals surface area contributed by atoms with Crippen molar-refractivity contribution in [2.24, 2.45) is 7.05 Å². The minimum absolute atomic E-state index is 0.109. The molecule has 1 aliphatic carbocycles. The maximum Gasteiger partial charge on any atom is 0.246 e. The van der Waals surface area contributed by atoms with Gasteiger partial charge in [-0.3, -0.25) is 0 Å². The molecule has 0 amide bonds. The monoisotopic (exact) mass is 540 g/mol. The molecule has 5 aromatic rings. The molecule has 3 heterocycles. The number of fused-ring (bicyclic) bond motifs is 1. The third-order valence-corrected chi connectivity index (χ3v) is 7.74. The van der Waals surface area contributed by atoms with Crippen LogP contribution in [0.4, 0.5) is 4.39 Å². The van der Waals surface area contributed by atoms with Crippen molar-refractivity contribution >= 4 is 11.1 Å². The highest BCUT2D eigenvalue weighted by Gasteiger charge is 2.27. The molecule has 2 aromatic carbocycles. The largest absolute Gasteiger partial charge is 0.434 e. The fourth-order valence-electron chi connectivity index (χ4n) is 5.02. The lowest BCUT2D eigenvalue weighted by Gasteiger charge is -2.20. The van der Waals surface area contributed by atoms with Gasteiger partial charge in [0, 0.05) is 43.9 Å². The van der Waals surface area contributed by atoms with Crippen LogP contribution in [-0.4, -0.2) is 44.0 Å². The van der Waals surface area contributed by atoms with Gasteiger partial charge in [-0.15, -0.1) is 10.2 Å². The number of ether oxygens (including phenoxy) is 1. The summed E-state index contributed by atoms with van der Waals surface area (Å²) in [6.45, 7) is 6.89. The summed E-state index contributed by atoms with van der Waals surface area (Å²) >= 11 is 0. The molecule has 9 heteroatoms. The van der Waals surface area contributed by atoms with Gasteiger partial charge in [-0.25, -0.2) is 14.4 Å². The summed E-state index contributed by atoms with van der Waals surface area (Å²) in [5.41, 5.74) is 7.76. The molecule has 206 valence electrons. The number of hydrogen-bond donors (Lipinski definition) is 1. The van der Waals surface area contributed by atoms with Gasteiger partial charge in [-0.2, -0.15) is 0 Å². The second kappa shape index (κ2) is 10.6. The number of nitrogens with one attached hydrogen (secondary N) is 1. The maximum absolute atomic E-state index is 14.4. The van der Waals surface area contributed by atoms with Gasteiger partial charge in [0.2, 0.25) is 5.89 Å². The second-order valence-electron chi connectivity index (χ2n) is 10.8. The van der Waals surface area contributed by atoms with E-state index in [0.29, 0.717) is 35.4 Å². The van der Waals surface area contributed by atoms with Gasteiger partial charge in [0.15, 0.2) is 11.4 Å². The standard InChI is InChI=1S/C31H33FN6O2/c1-17-10-20(15-33-18(2)19(3)39-5)11-27-29(17)40-31(36-27)28-13-22(12-26(35-28)21-6-7-21)24-9-8-23(32)14-25(24)30-37-34-16-38(30)4/h8-14,16,18-19,21,33H,6-7,15H2,1-5H3/t18-,19-/m1/s1. The molecule has 3 aromatic heterocycles. The fourth-order valence-corrected chi connectivity index (χ4v) is 5.02. The van der Waals surface area contributed by atoms with Crippen LogP contribution in [0, 0.1) is 12.7 Å². The highest BCUT2D eigenvalue weighted by atomic mass is 19.1. The molecule has 0 radical (unpaired) electrons. The lowest BCUT2D eigenvalue weighted by molar-refractivity contribution is 0.0882. The van der Waals surface area contributed by atoms with Crippen molar-refractivity contribution in [2.75, 3.05) is 7.11 Å². The number of oxazole rings is 1. The first-order valence-electron chi connectivity index (χ1n) is 13.6. The third-order valence-electron chi connectivity index (χ3n) is 7.74. The normalized spacial score (nSPS) is 15.1. The van der Waals surface area contributed by atoms with E-state index in [1.807, 2.05) is 20.0 Å². The van der Waals surface area contributed by atoms with E-state index in [-0.39, 0.29) is 18.0 Å². The Morgan fingerprint density at radius 3 is 2.65 bits per heavy atom. The second-order valence-corrected chi connectivity index (χ2v) is 10.8. The summed E-state index contributed by atoms with van der Waals surface area (Å²) in [7, 11) is 3.57. The molecule has 0 unspecified atom stereocenters. The van der Waals surface area contributed by atoms with Crippen LogP contribution < -0.4 is 5.32 Å². The number of methoxy groups -OCH3 is 1. The van der Waals surface area contributed by atoms with Gasteiger partial charge < -0.3 is 19.0 Å². The number of benzene rings is 2. The SMILES string of the molecule is CO[C@H](C)[C@@H](C)NCc1cc(C)c2oc(-c3cc(-c4ccc(F)cc4-c4nncn4C)cc(C4CC4)n3)nc2c1. The summed E-state index contributed by atoms with van der Waals surface area (Å²) in [5.74, 6) is 1.13. The van der Waals surface area contributed by atoms with E-state index in [0.717, 1.165) is 51.9 Å². The van der Waals surface area contributed by atoms with E-state index in [1.54, 1.807) is 24.1 Å². The summed E-state index contributed by atoms with van der Waals surface area (Å²) in [6, 6.07) is 13.2. The van der Waals surface area contributed by atoms with Crippen molar-refractivity contribution in [3.8, 4) is 34.1 Å². The van der Waals surface area contributed by atoms with E-state index >= 15 is 0 Å². The maximum atomic E-state index is 14.4. The zero-order valence-electron chi connectivity index (χ0n) is 23.4. The summed E-state index contributed by atoms with van der Waals surface area (Å²) < 4.78 is 27.9. The number of hydrogen-bond acceptors (Lipinski definition) is 7. The van der Waals surface area contributed by atoms with Crippen LogP contribution in [0.3, 0.4) is 0 Å². The first kappa shape index (κ1) is 26.3. The predicted octanol–water partition coefficient (Wildman–Crippen LogP) is 6.19. The van der Waals surface area contributed by atoms with Crippen LogP contribution >= 0.6 is 0 Å². The van der Waals surface area contributed by atoms with E-state index in [9.17, 15) is 4.39 Å². The average Bonchev–Trinajstić information content (AvgIpc) is 3.57. The Balaban J connectivity index is 1.40. The highest BCUT2D eigenvalue weighted by molar-refractivity contribution is 5.84. The van der Waals surface area contributed by atoms with E-state index < -0.39 is 0 Å². The number of aryl methyl sites for hydroxylation is 2. The number of rotatable bonds is 9. The van der Waals surface area contributed by atoms with Gasteiger partial charge in [-0.05, 0) is 86.2 Å². The molecule has 2 atom stereocenters. The van der Waals surface area contributed by atoms with Gasteiger partial charge in [0.05, 0.1) is 6.10 Å². The molecule has 1 N–H and O–H groups in total. The fraction of sp³-hybridized carbons (Fsp3) is 0.355. The van der Waals surface area contributed by atoms with Gasteiger partial charge in [-0.1, -0.05) is 12.1 Å². The average molecular weight is 541 g/mol. The Kier molecular flexibility index (Phi) is 6.93. The Morgan fingerprint density at radius 1 is 1.10 bits per heavy atom. The third kappa shape index (κ3) is 5.14. The van der Waals surface area contributed by atoms with Crippen molar-refractivity contribution in [3.63, 3.8) is 0 Å². The lowest BCUT2D eigenvalue weighted by Crippen LogP contribution is -2.36. The summed E-state index contributed by atoms with van der Waals surface area (Å²) in [4.78, 5) is 9.84. The zero-order valence-corrected chi connectivity index (χ0v) is 23.4. The molecule has 1 aliphatic rings. The quantitative estimate of drug-likeness (QED) is 0.238. The molecule has 1 fully saturated rings. The molecular formula is C31H33FN6O2. The van der Waals surface area contributed by atoms with E-state index in [1.165, 1.54) is 12.1 Å². The molecule has 0 spiro atoms. The number of aromatic nitrogens is 5. The first-order valence-corrected chi connectivity index (χ1v) is 13.6. The van der Waals surface area contributed by atoms with Crippen LogP contribution in [0.15, 0.2) is 53.2 Å². The topological polar surface area (TPSA) is 90.9 Å². The molecule has 1 saturated carbocycles.